The van der Waals surface area contributed by atoms with Crippen LogP contribution in [-0.4, -0.2) is 17.5 Å². The van der Waals surface area contributed by atoms with E-state index in [0.717, 1.165) is 12.3 Å². The van der Waals surface area contributed by atoms with E-state index in [4.69, 9.17) is 4.42 Å². The summed E-state index contributed by atoms with van der Waals surface area (Å²) in [7, 11) is 0. The Bertz CT molecular complexity index is 581. The van der Waals surface area contributed by atoms with Crippen LogP contribution < -0.4 is 0 Å². The molecule has 0 aliphatic heterocycles. The Labute approximate surface area is 102 Å². The largest absolute Gasteiger partial charge is 0.464 e. The molecule has 0 aliphatic carbocycles. The molecule has 0 spiro atoms. The quantitative estimate of drug-likeness (QED) is 0.809. The minimum atomic E-state index is -5.89. The third-order valence-corrected chi connectivity index (χ3v) is 2.69. The molecule has 0 aliphatic rings. The molecule has 0 fully saturated rings. The van der Waals surface area contributed by atoms with Gasteiger partial charge in [0.25, 0.3) is 5.60 Å². The minimum Gasteiger partial charge on any atom is -0.464 e. The zero-order valence-corrected chi connectivity index (χ0v) is 9.01. The van der Waals surface area contributed by atoms with Crippen LogP contribution in [0, 0.1) is 0 Å². The average molecular weight is 284 g/mol. The molecule has 1 N–H and O–H groups in total. The van der Waals surface area contributed by atoms with Gasteiger partial charge < -0.3 is 9.52 Å². The lowest BCUT2D eigenvalue weighted by atomic mass is 9.91. The summed E-state index contributed by atoms with van der Waals surface area (Å²) in [5.41, 5.74) is -6.09. The Morgan fingerprint density at radius 2 is 1.47 bits per heavy atom. The number of furan rings is 1. The molecule has 0 radical (unpaired) electrons. The van der Waals surface area contributed by atoms with Gasteiger partial charge in [-0.3, -0.25) is 0 Å². The van der Waals surface area contributed by atoms with E-state index in [-0.39, 0.29) is 11.0 Å². The van der Waals surface area contributed by atoms with Crippen molar-refractivity contribution in [3.8, 4) is 0 Å². The maximum Gasteiger partial charge on any atom is 0.430 e. The van der Waals surface area contributed by atoms with Crippen LogP contribution in [-0.2, 0) is 5.60 Å². The Hall–Kier alpha value is -1.70. The molecule has 1 aromatic heterocycles. The number of fused-ring (bicyclic) bond motifs is 1. The lowest BCUT2D eigenvalue weighted by molar-refractivity contribution is -0.376. The van der Waals surface area contributed by atoms with Gasteiger partial charge in [0, 0.05) is 10.9 Å². The van der Waals surface area contributed by atoms with Crippen molar-refractivity contribution in [2.75, 3.05) is 0 Å². The van der Waals surface area contributed by atoms with Crippen LogP contribution in [0.15, 0.2) is 34.9 Å². The van der Waals surface area contributed by atoms with Crippen LogP contribution in [0.2, 0.25) is 0 Å². The molecule has 8 heteroatoms. The summed E-state index contributed by atoms with van der Waals surface area (Å²) in [6.45, 7) is 0. The average Bonchev–Trinajstić information content (AvgIpc) is 2.71. The molecule has 2 aromatic rings. The van der Waals surface area contributed by atoms with E-state index in [0.29, 0.717) is 12.1 Å². The highest BCUT2D eigenvalue weighted by Crippen LogP contribution is 2.50. The predicted molar refractivity (Wildman–Crippen MR) is 52.2 cm³/mol. The Morgan fingerprint density at radius 1 is 0.895 bits per heavy atom. The number of halogens is 6. The Balaban J connectivity index is 2.68. The van der Waals surface area contributed by atoms with Gasteiger partial charge in [-0.1, -0.05) is 6.07 Å². The summed E-state index contributed by atoms with van der Waals surface area (Å²) in [6, 6.07) is 3.27. The van der Waals surface area contributed by atoms with Crippen molar-refractivity contribution >= 4 is 11.0 Å². The maximum absolute atomic E-state index is 12.6. The summed E-state index contributed by atoms with van der Waals surface area (Å²) in [6.07, 6.45) is -10.7. The molecule has 104 valence electrons. The fourth-order valence-electron chi connectivity index (χ4n) is 1.68. The van der Waals surface area contributed by atoms with Gasteiger partial charge in [0.05, 0.1) is 6.26 Å². The van der Waals surface area contributed by atoms with Gasteiger partial charge in [-0.15, -0.1) is 0 Å². The number of rotatable bonds is 1. The summed E-state index contributed by atoms with van der Waals surface area (Å²) < 4.78 is 80.5. The smallest absolute Gasteiger partial charge is 0.430 e. The normalized spacial score (nSPS) is 14.1. The van der Waals surface area contributed by atoms with Gasteiger partial charge in [-0.05, 0) is 18.2 Å². The standard InChI is InChI=1S/C11H6F6O2/c12-10(13,14)9(18,11(15,16)17)7-1-2-8-6(5-7)3-4-19-8/h1-5,18H. The van der Waals surface area contributed by atoms with Crippen LogP contribution in [0.1, 0.15) is 5.56 Å². The molecule has 19 heavy (non-hydrogen) atoms. The summed E-state index contributed by atoms with van der Waals surface area (Å²) in [5.74, 6) is 0. The fraction of sp³-hybridized carbons (Fsp3) is 0.273. The number of alkyl halides is 6. The third-order valence-electron chi connectivity index (χ3n) is 2.69. The lowest BCUT2D eigenvalue weighted by Crippen LogP contribution is -2.53. The van der Waals surface area contributed by atoms with Crippen LogP contribution in [0.4, 0.5) is 26.3 Å². The molecular weight excluding hydrogens is 278 g/mol. The highest BCUT2D eigenvalue weighted by Gasteiger charge is 2.71. The Morgan fingerprint density at radius 3 is 2.00 bits per heavy atom. The van der Waals surface area contributed by atoms with Crippen molar-refractivity contribution in [2.24, 2.45) is 0 Å². The molecule has 1 aromatic carbocycles. The van der Waals surface area contributed by atoms with E-state index < -0.39 is 23.5 Å². The lowest BCUT2D eigenvalue weighted by Gasteiger charge is -2.32. The molecule has 0 saturated carbocycles. The van der Waals surface area contributed by atoms with E-state index in [2.05, 4.69) is 0 Å². The second kappa shape index (κ2) is 3.89. The number of benzene rings is 1. The van der Waals surface area contributed by atoms with Crippen molar-refractivity contribution in [3.63, 3.8) is 0 Å². The first-order valence-corrected chi connectivity index (χ1v) is 4.91. The van der Waals surface area contributed by atoms with E-state index in [9.17, 15) is 31.4 Å². The van der Waals surface area contributed by atoms with E-state index in [1.54, 1.807) is 0 Å². The molecule has 0 unspecified atom stereocenters. The third kappa shape index (κ3) is 1.95. The van der Waals surface area contributed by atoms with Gasteiger partial charge in [0.1, 0.15) is 5.58 Å². The molecular formula is C11H6F6O2. The summed E-state index contributed by atoms with van der Waals surface area (Å²) >= 11 is 0. The Kier molecular flexibility index (Phi) is 2.81. The van der Waals surface area contributed by atoms with Gasteiger partial charge in [-0.2, -0.15) is 26.3 Å². The van der Waals surface area contributed by atoms with Gasteiger partial charge >= 0.3 is 12.4 Å². The van der Waals surface area contributed by atoms with Crippen LogP contribution in [0.3, 0.4) is 0 Å². The van der Waals surface area contributed by atoms with Gasteiger partial charge in [-0.25, -0.2) is 0 Å². The number of aliphatic hydroxyl groups is 1. The molecule has 2 nitrogen and oxygen atoms in total. The molecule has 2 rings (SSSR count). The number of hydrogen-bond donors (Lipinski definition) is 1. The minimum absolute atomic E-state index is 0.0319. The molecule has 1 heterocycles. The van der Waals surface area contributed by atoms with E-state index in [1.807, 2.05) is 0 Å². The second-order valence-corrected chi connectivity index (χ2v) is 3.88. The van der Waals surface area contributed by atoms with Crippen molar-refractivity contribution in [2.45, 2.75) is 18.0 Å². The molecule has 0 saturated heterocycles. The number of hydrogen-bond acceptors (Lipinski definition) is 2. The van der Waals surface area contributed by atoms with Crippen LogP contribution in [0.5, 0.6) is 0 Å². The zero-order valence-electron chi connectivity index (χ0n) is 9.01. The van der Waals surface area contributed by atoms with Crippen molar-refractivity contribution in [1.29, 1.82) is 0 Å². The highest BCUT2D eigenvalue weighted by molar-refractivity contribution is 5.78. The van der Waals surface area contributed by atoms with Crippen molar-refractivity contribution < 1.29 is 35.9 Å². The monoisotopic (exact) mass is 284 g/mol. The summed E-state index contributed by atoms with van der Waals surface area (Å²) in [5, 5.41) is 9.20. The maximum atomic E-state index is 12.6. The van der Waals surface area contributed by atoms with Gasteiger partial charge in [0.15, 0.2) is 0 Å². The predicted octanol–water partition coefficient (Wildman–Crippen LogP) is 3.75. The first-order valence-electron chi connectivity index (χ1n) is 4.91. The molecule has 0 amide bonds. The zero-order chi connectivity index (χ0) is 14.5. The summed E-state index contributed by atoms with van der Waals surface area (Å²) in [4.78, 5) is 0. The van der Waals surface area contributed by atoms with E-state index >= 15 is 0 Å². The first kappa shape index (κ1) is 13.7. The fourth-order valence-corrected chi connectivity index (χ4v) is 1.68. The molecule has 0 bridgehead atoms. The van der Waals surface area contributed by atoms with Crippen molar-refractivity contribution in [1.82, 2.24) is 0 Å². The molecule has 0 atom stereocenters. The van der Waals surface area contributed by atoms with Crippen molar-refractivity contribution in [3.05, 3.63) is 36.1 Å². The van der Waals surface area contributed by atoms with Crippen LogP contribution >= 0.6 is 0 Å². The topological polar surface area (TPSA) is 33.4 Å². The highest BCUT2D eigenvalue weighted by atomic mass is 19.4. The second-order valence-electron chi connectivity index (χ2n) is 3.88. The van der Waals surface area contributed by atoms with Gasteiger partial charge in [0.2, 0.25) is 0 Å². The first-order chi connectivity index (χ1) is 8.57. The van der Waals surface area contributed by atoms with E-state index in [1.165, 1.54) is 6.07 Å². The van der Waals surface area contributed by atoms with Crippen LogP contribution in [0.25, 0.3) is 11.0 Å². The SMILES string of the molecule is OC(c1ccc2occc2c1)(C(F)(F)F)C(F)(F)F.